The molecular weight excluding hydrogens is 466 g/mol. The first-order valence-electron chi connectivity index (χ1n) is 12.8. The maximum atomic E-state index is 9.71. The molecule has 5 rings (SSSR count). The van der Waals surface area contributed by atoms with Crippen molar-refractivity contribution in [2.45, 2.75) is 39.7 Å². The molecule has 3 heterocycles. The zero-order valence-corrected chi connectivity index (χ0v) is 22.4. The van der Waals surface area contributed by atoms with Gasteiger partial charge in [0, 0.05) is 50.3 Å². The number of nitrogens with one attached hydrogen (secondary N) is 1. The minimum Gasteiger partial charge on any atom is -0.490 e. The molecule has 37 heavy (non-hydrogen) atoms. The largest absolute Gasteiger partial charge is 0.490 e. The molecule has 1 fully saturated rings. The summed E-state index contributed by atoms with van der Waals surface area (Å²) in [5.41, 5.74) is 6.66. The van der Waals surface area contributed by atoms with E-state index < -0.39 is 0 Å². The molecule has 1 aliphatic heterocycles. The van der Waals surface area contributed by atoms with Crippen molar-refractivity contribution in [3.8, 4) is 16.9 Å². The van der Waals surface area contributed by atoms with Gasteiger partial charge < -0.3 is 24.4 Å². The number of aromatic nitrogens is 2. The lowest BCUT2D eigenvalue weighted by atomic mass is 9.98. The Balaban J connectivity index is 0.000000580. The van der Waals surface area contributed by atoms with E-state index in [0.717, 1.165) is 72.3 Å². The van der Waals surface area contributed by atoms with Crippen molar-refractivity contribution >= 4 is 28.7 Å². The number of hydrogen-bond donors (Lipinski definition) is 2. The van der Waals surface area contributed by atoms with Crippen molar-refractivity contribution in [1.82, 2.24) is 14.9 Å². The van der Waals surface area contributed by atoms with E-state index in [-0.39, 0.29) is 6.10 Å². The number of likely N-dealkylation sites (tertiary alicyclic amines) is 1. The maximum absolute atomic E-state index is 9.71. The van der Waals surface area contributed by atoms with Gasteiger partial charge in [-0.1, -0.05) is 29.8 Å². The zero-order chi connectivity index (χ0) is 26.8. The number of aromatic amines is 1. The predicted octanol–water partition coefficient (Wildman–Crippen LogP) is 5.30. The molecule has 0 spiro atoms. The molecule has 0 radical (unpaired) electrons. The van der Waals surface area contributed by atoms with Crippen molar-refractivity contribution in [3.63, 3.8) is 0 Å². The minimum atomic E-state index is -0.145. The molecule has 2 N–H and O–H groups in total. The fourth-order valence-electron chi connectivity index (χ4n) is 4.57. The SMILES string of the molecule is C=O.CCOC.Cc1cccc(-c2ccc(OCCN3CCC(O)CC3)c3[nH]c4ncc(C)cc4c23)c1. The van der Waals surface area contributed by atoms with Gasteiger partial charge in [-0.3, -0.25) is 4.90 Å². The van der Waals surface area contributed by atoms with Gasteiger partial charge in [-0.2, -0.15) is 0 Å². The quantitative estimate of drug-likeness (QED) is 0.370. The zero-order valence-electron chi connectivity index (χ0n) is 22.4. The Morgan fingerprint density at radius 1 is 1.11 bits per heavy atom. The van der Waals surface area contributed by atoms with Gasteiger partial charge in [-0.25, -0.2) is 4.98 Å². The van der Waals surface area contributed by atoms with Crippen molar-refractivity contribution in [1.29, 1.82) is 0 Å². The number of nitrogens with zero attached hydrogens (tertiary/aromatic N) is 2. The summed E-state index contributed by atoms with van der Waals surface area (Å²) in [7, 11) is 1.68. The first-order chi connectivity index (χ1) is 18.0. The highest BCUT2D eigenvalue weighted by molar-refractivity contribution is 6.15. The highest BCUT2D eigenvalue weighted by atomic mass is 16.5. The number of rotatable bonds is 6. The molecule has 0 unspecified atom stereocenters. The molecular formula is C30H39N3O4. The van der Waals surface area contributed by atoms with Crippen molar-refractivity contribution in [3.05, 3.63) is 59.8 Å². The third kappa shape index (κ3) is 7.16. The number of aliphatic hydroxyl groups excluding tert-OH is 1. The molecule has 4 aromatic rings. The monoisotopic (exact) mass is 505 g/mol. The Bertz CT molecular complexity index is 1280. The summed E-state index contributed by atoms with van der Waals surface area (Å²) in [5, 5.41) is 12.0. The summed E-state index contributed by atoms with van der Waals surface area (Å²) in [6.07, 6.45) is 3.45. The van der Waals surface area contributed by atoms with Crippen LogP contribution in [0.5, 0.6) is 5.75 Å². The van der Waals surface area contributed by atoms with Crippen LogP contribution in [-0.2, 0) is 9.53 Å². The number of methoxy groups -OCH3 is 1. The molecule has 198 valence electrons. The van der Waals surface area contributed by atoms with Crippen LogP contribution in [0.15, 0.2) is 48.7 Å². The van der Waals surface area contributed by atoms with Gasteiger partial charge in [0.15, 0.2) is 0 Å². The van der Waals surface area contributed by atoms with Crippen LogP contribution in [0.4, 0.5) is 0 Å². The third-order valence-corrected chi connectivity index (χ3v) is 6.54. The molecule has 0 atom stereocenters. The summed E-state index contributed by atoms with van der Waals surface area (Å²) in [4.78, 5) is 18.5. The minimum absolute atomic E-state index is 0.145. The van der Waals surface area contributed by atoms with Crippen LogP contribution >= 0.6 is 0 Å². The van der Waals surface area contributed by atoms with Crippen LogP contribution in [-0.4, -0.2) is 72.8 Å². The topological polar surface area (TPSA) is 87.7 Å². The number of aryl methyl sites for hydroxylation is 2. The smallest absolute Gasteiger partial charge is 0.143 e. The second-order valence-corrected chi connectivity index (χ2v) is 9.26. The van der Waals surface area contributed by atoms with Gasteiger partial charge in [0.2, 0.25) is 0 Å². The normalized spacial score (nSPS) is 14.1. The summed E-state index contributed by atoms with van der Waals surface area (Å²) < 4.78 is 10.8. The highest BCUT2D eigenvalue weighted by Gasteiger charge is 2.18. The number of H-pyrrole nitrogens is 1. The fourth-order valence-corrected chi connectivity index (χ4v) is 4.57. The number of carbonyl (C=O) groups is 1. The molecule has 7 nitrogen and oxygen atoms in total. The van der Waals surface area contributed by atoms with E-state index in [1.165, 1.54) is 16.7 Å². The number of benzene rings is 2. The summed E-state index contributed by atoms with van der Waals surface area (Å²) in [5.74, 6) is 0.860. The van der Waals surface area contributed by atoms with E-state index in [4.69, 9.17) is 9.53 Å². The Morgan fingerprint density at radius 3 is 2.51 bits per heavy atom. The van der Waals surface area contributed by atoms with E-state index in [2.05, 4.69) is 75.9 Å². The first-order valence-corrected chi connectivity index (χ1v) is 12.8. The van der Waals surface area contributed by atoms with Gasteiger partial charge in [0.1, 0.15) is 24.8 Å². The lowest BCUT2D eigenvalue weighted by molar-refractivity contribution is -0.0980. The molecule has 7 heteroatoms. The molecule has 2 aromatic carbocycles. The molecule has 0 aliphatic carbocycles. The van der Waals surface area contributed by atoms with Crippen LogP contribution in [0, 0.1) is 13.8 Å². The number of ether oxygens (including phenoxy) is 2. The molecule has 1 saturated heterocycles. The Morgan fingerprint density at radius 2 is 1.84 bits per heavy atom. The van der Waals surface area contributed by atoms with Crippen LogP contribution in [0.1, 0.15) is 30.9 Å². The van der Waals surface area contributed by atoms with Crippen molar-refractivity contribution in [2.24, 2.45) is 0 Å². The highest BCUT2D eigenvalue weighted by Crippen LogP contribution is 2.39. The fraction of sp³-hybridized carbons (Fsp3) is 0.400. The van der Waals surface area contributed by atoms with Crippen LogP contribution < -0.4 is 4.74 Å². The van der Waals surface area contributed by atoms with E-state index in [1.54, 1.807) is 7.11 Å². The molecule has 1 aliphatic rings. The third-order valence-electron chi connectivity index (χ3n) is 6.54. The maximum Gasteiger partial charge on any atom is 0.143 e. The van der Waals surface area contributed by atoms with E-state index in [9.17, 15) is 5.11 Å². The van der Waals surface area contributed by atoms with Crippen LogP contribution in [0.2, 0.25) is 0 Å². The Labute approximate surface area is 219 Å². The summed E-state index contributed by atoms with van der Waals surface area (Å²) in [6.45, 7) is 12.3. The van der Waals surface area contributed by atoms with Gasteiger partial charge in [0.25, 0.3) is 0 Å². The molecule has 0 bridgehead atoms. The van der Waals surface area contributed by atoms with E-state index in [0.29, 0.717) is 6.61 Å². The molecule has 2 aromatic heterocycles. The summed E-state index contributed by atoms with van der Waals surface area (Å²) in [6, 6.07) is 15.1. The van der Waals surface area contributed by atoms with Crippen molar-refractivity contribution in [2.75, 3.05) is 40.0 Å². The van der Waals surface area contributed by atoms with E-state index >= 15 is 0 Å². The average molecular weight is 506 g/mol. The van der Waals surface area contributed by atoms with Crippen LogP contribution in [0.3, 0.4) is 0 Å². The van der Waals surface area contributed by atoms with Crippen LogP contribution in [0.25, 0.3) is 33.1 Å². The second-order valence-electron chi connectivity index (χ2n) is 9.26. The summed E-state index contributed by atoms with van der Waals surface area (Å²) >= 11 is 0. The van der Waals surface area contributed by atoms with Crippen molar-refractivity contribution < 1.29 is 19.4 Å². The van der Waals surface area contributed by atoms with E-state index in [1.807, 2.05) is 19.9 Å². The number of carbonyl (C=O) groups excluding carboxylic acids is 1. The number of aliphatic hydroxyl groups is 1. The first kappa shape index (κ1) is 28.3. The van der Waals surface area contributed by atoms with Gasteiger partial charge >= 0.3 is 0 Å². The second kappa shape index (κ2) is 13.9. The standard InChI is InChI=1S/C26H29N3O2.C3H8O.CH2O/c1-17-4-3-5-19(14-17)21-6-7-23(31-13-12-29-10-8-20(30)9-11-29)25-24(21)22-15-18(2)16-27-26(22)28-25;1-3-4-2;1-2/h3-7,14-16,20,30H,8-13H2,1-2H3,(H,27,28);3H2,1-2H3;1H2. The number of pyridine rings is 1. The lowest BCUT2D eigenvalue weighted by Gasteiger charge is -2.29. The van der Waals surface area contributed by atoms with Gasteiger partial charge in [-0.15, -0.1) is 0 Å². The number of piperidine rings is 1. The predicted molar refractivity (Wildman–Crippen MR) is 150 cm³/mol. The van der Waals surface area contributed by atoms with Gasteiger partial charge in [-0.05, 0) is 68.5 Å². The number of fused-ring (bicyclic) bond motifs is 3. The lowest BCUT2D eigenvalue weighted by Crippen LogP contribution is -2.38. The molecule has 0 amide bonds. The van der Waals surface area contributed by atoms with Gasteiger partial charge in [0.05, 0.1) is 11.6 Å². The number of hydrogen-bond acceptors (Lipinski definition) is 6. The average Bonchev–Trinajstić information content (AvgIpc) is 3.30. The Kier molecular flexibility index (Phi) is 10.6. The molecule has 0 saturated carbocycles. The Hall–Kier alpha value is -3.26.